The number of rotatable bonds is 5. The molecule has 0 fully saturated rings. The summed E-state index contributed by atoms with van der Waals surface area (Å²) >= 11 is 0. The SMILES string of the molecule is CCn1c(=O)cc(C(C)C)c2cc(C(=O)N(C)c3ccc(S(C)(=O)=O)c(C)c3)ccc21. The zero-order chi connectivity index (χ0) is 23.1. The van der Waals surface area contributed by atoms with Gasteiger partial charge in [-0.25, -0.2) is 8.42 Å². The van der Waals surface area contributed by atoms with Gasteiger partial charge in [0.05, 0.1) is 10.4 Å². The Labute approximate surface area is 183 Å². The number of hydrogen-bond donors (Lipinski definition) is 0. The van der Waals surface area contributed by atoms with E-state index in [9.17, 15) is 18.0 Å². The summed E-state index contributed by atoms with van der Waals surface area (Å²) in [6.45, 7) is 8.24. The van der Waals surface area contributed by atoms with Crippen molar-refractivity contribution in [2.75, 3.05) is 18.2 Å². The molecule has 3 aromatic rings. The zero-order valence-corrected chi connectivity index (χ0v) is 19.6. The molecule has 0 aliphatic heterocycles. The topological polar surface area (TPSA) is 76.5 Å². The standard InChI is InChI=1S/C24H28N2O4S/c1-7-26-21-10-8-17(13-20(21)19(15(2)3)14-23(26)27)24(28)25(5)18-9-11-22(16(4)12-18)31(6,29)30/h8-15H,7H2,1-6H3. The van der Waals surface area contributed by atoms with Crippen molar-refractivity contribution in [3.05, 3.63) is 69.5 Å². The first-order valence-corrected chi connectivity index (χ1v) is 12.1. The van der Waals surface area contributed by atoms with Crippen LogP contribution < -0.4 is 10.5 Å². The van der Waals surface area contributed by atoms with Crippen molar-refractivity contribution in [1.29, 1.82) is 0 Å². The van der Waals surface area contributed by atoms with Crippen LogP contribution >= 0.6 is 0 Å². The van der Waals surface area contributed by atoms with Gasteiger partial charge in [0.15, 0.2) is 9.84 Å². The van der Waals surface area contributed by atoms with E-state index in [0.717, 1.165) is 16.5 Å². The van der Waals surface area contributed by atoms with Crippen LogP contribution in [-0.4, -0.2) is 32.2 Å². The summed E-state index contributed by atoms with van der Waals surface area (Å²) in [5.41, 5.74) is 3.38. The fourth-order valence-corrected chi connectivity index (χ4v) is 4.88. The van der Waals surface area contributed by atoms with Crippen LogP contribution in [0.1, 0.15) is 48.2 Å². The molecule has 3 rings (SSSR count). The normalized spacial score (nSPS) is 11.8. The zero-order valence-electron chi connectivity index (χ0n) is 18.8. The summed E-state index contributed by atoms with van der Waals surface area (Å²) in [5.74, 6) is -0.0756. The fraction of sp³-hybridized carbons (Fsp3) is 0.333. The maximum absolute atomic E-state index is 13.2. The fourth-order valence-electron chi connectivity index (χ4n) is 3.92. The van der Waals surface area contributed by atoms with Gasteiger partial charge in [-0.05, 0) is 67.3 Å². The number of benzene rings is 2. The second-order valence-corrected chi connectivity index (χ2v) is 10.1. The molecule has 6 nitrogen and oxygen atoms in total. The van der Waals surface area contributed by atoms with Crippen LogP contribution in [0, 0.1) is 6.92 Å². The average molecular weight is 441 g/mol. The number of amides is 1. The Bertz CT molecular complexity index is 1340. The maximum atomic E-state index is 13.2. The van der Waals surface area contributed by atoms with Crippen LogP contribution in [0.3, 0.4) is 0 Å². The van der Waals surface area contributed by atoms with Crippen LogP contribution in [-0.2, 0) is 16.4 Å². The van der Waals surface area contributed by atoms with Gasteiger partial charge in [0.1, 0.15) is 0 Å². The van der Waals surface area contributed by atoms with E-state index in [-0.39, 0.29) is 22.3 Å². The number of aromatic nitrogens is 1. The first kappa shape index (κ1) is 22.7. The number of fused-ring (bicyclic) bond motifs is 1. The van der Waals surface area contributed by atoms with Crippen molar-refractivity contribution in [1.82, 2.24) is 4.57 Å². The molecule has 164 valence electrons. The Kier molecular flexibility index (Phi) is 6.09. The minimum Gasteiger partial charge on any atom is -0.311 e. The number of aryl methyl sites for hydroxylation is 2. The number of sulfone groups is 1. The van der Waals surface area contributed by atoms with Crippen molar-refractivity contribution in [2.24, 2.45) is 0 Å². The molecule has 31 heavy (non-hydrogen) atoms. The predicted molar refractivity (Wildman–Crippen MR) is 125 cm³/mol. The monoisotopic (exact) mass is 440 g/mol. The first-order chi connectivity index (χ1) is 14.5. The molecule has 0 bridgehead atoms. The van der Waals surface area contributed by atoms with Crippen LogP contribution in [0.2, 0.25) is 0 Å². The molecule has 0 N–H and O–H groups in total. The van der Waals surface area contributed by atoms with Crippen LogP contribution in [0.4, 0.5) is 5.69 Å². The molecule has 1 aromatic heterocycles. The molecule has 0 radical (unpaired) electrons. The lowest BCUT2D eigenvalue weighted by Gasteiger charge is -2.20. The molecule has 0 saturated heterocycles. The third kappa shape index (κ3) is 4.28. The Morgan fingerprint density at radius 2 is 1.77 bits per heavy atom. The molecule has 0 atom stereocenters. The number of anilines is 1. The van der Waals surface area contributed by atoms with E-state index in [0.29, 0.717) is 23.4 Å². The largest absolute Gasteiger partial charge is 0.311 e. The van der Waals surface area contributed by atoms with Gasteiger partial charge in [-0.3, -0.25) is 9.59 Å². The highest BCUT2D eigenvalue weighted by molar-refractivity contribution is 7.90. The van der Waals surface area contributed by atoms with E-state index in [2.05, 4.69) is 0 Å². The van der Waals surface area contributed by atoms with Crippen molar-refractivity contribution in [3.8, 4) is 0 Å². The Hall–Kier alpha value is -2.93. The van der Waals surface area contributed by atoms with Crippen LogP contribution in [0.15, 0.2) is 52.2 Å². The van der Waals surface area contributed by atoms with E-state index >= 15 is 0 Å². The highest BCUT2D eigenvalue weighted by atomic mass is 32.2. The quantitative estimate of drug-likeness (QED) is 0.598. The summed E-state index contributed by atoms with van der Waals surface area (Å²) in [4.78, 5) is 27.5. The van der Waals surface area contributed by atoms with E-state index in [1.165, 1.54) is 17.2 Å². The molecule has 0 saturated carbocycles. The van der Waals surface area contributed by atoms with Gasteiger partial charge < -0.3 is 9.47 Å². The summed E-state index contributed by atoms with van der Waals surface area (Å²) < 4.78 is 25.4. The molecule has 0 aliphatic carbocycles. The molecule has 7 heteroatoms. The van der Waals surface area contributed by atoms with Crippen LogP contribution in [0.5, 0.6) is 0 Å². The number of carbonyl (C=O) groups is 1. The van der Waals surface area contributed by atoms with Gasteiger partial charge in [-0.2, -0.15) is 0 Å². The Balaban J connectivity index is 2.08. The summed E-state index contributed by atoms with van der Waals surface area (Å²) in [6, 6.07) is 11.9. The number of nitrogens with zero attached hydrogens (tertiary/aromatic N) is 2. The molecular formula is C24H28N2O4S. The van der Waals surface area contributed by atoms with Gasteiger partial charge in [-0.1, -0.05) is 13.8 Å². The van der Waals surface area contributed by atoms with Crippen molar-refractivity contribution in [3.63, 3.8) is 0 Å². The van der Waals surface area contributed by atoms with Crippen molar-refractivity contribution < 1.29 is 13.2 Å². The van der Waals surface area contributed by atoms with Gasteiger partial charge >= 0.3 is 0 Å². The Morgan fingerprint density at radius 3 is 2.32 bits per heavy atom. The predicted octanol–water partition coefficient (Wildman–Crippen LogP) is 4.13. The molecule has 0 aliphatic rings. The molecular weight excluding hydrogens is 412 g/mol. The van der Waals surface area contributed by atoms with E-state index in [1.807, 2.05) is 32.9 Å². The van der Waals surface area contributed by atoms with Crippen molar-refractivity contribution in [2.45, 2.75) is 45.1 Å². The number of pyridine rings is 1. The highest BCUT2D eigenvalue weighted by Gasteiger charge is 2.19. The second-order valence-electron chi connectivity index (χ2n) is 8.15. The summed E-state index contributed by atoms with van der Waals surface area (Å²) in [6.07, 6.45) is 1.17. The lowest BCUT2D eigenvalue weighted by molar-refractivity contribution is 0.0993. The smallest absolute Gasteiger partial charge is 0.258 e. The average Bonchev–Trinajstić information content (AvgIpc) is 2.70. The molecule has 2 aromatic carbocycles. The Morgan fingerprint density at radius 1 is 1.10 bits per heavy atom. The molecule has 0 spiro atoms. The van der Waals surface area contributed by atoms with Crippen LogP contribution in [0.25, 0.3) is 10.9 Å². The third-order valence-electron chi connectivity index (χ3n) is 5.58. The van der Waals surface area contributed by atoms with E-state index in [4.69, 9.17) is 0 Å². The maximum Gasteiger partial charge on any atom is 0.258 e. The van der Waals surface area contributed by atoms with Gasteiger partial charge in [0.25, 0.3) is 11.5 Å². The lowest BCUT2D eigenvalue weighted by atomic mass is 9.97. The minimum atomic E-state index is -3.33. The summed E-state index contributed by atoms with van der Waals surface area (Å²) in [5, 5.41) is 0.888. The number of carbonyl (C=O) groups excluding carboxylic acids is 1. The molecule has 1 amide bonds. The van der Waals surface area contributed by atoms with E-state index < -0.39 is 9.84 Å². The second kappa shape index (κ2) is 8.30. The van der Waals surface area contributed by atoms with E-state index in [1.54, 1.807) is 42.8 Å². The van der Waals surface area contributed by atoms with Crippen molar-refractivity contribution >= 4 is 32.3 Å². The van der Waals surface area contributed by atoms with Gasteiger partial charge in [0.2, 0.25) is 0 Å². The first-order valence-electron chi connectivity index (χ1n) is 10.2. The molecule has 1 heterocycles. The summed E-state index contributed by atoms with van der Waals surface area (Å²) in [7, 11) is -1.66. The minimum absolute atomic E-state index is 0.0451. The third-order valence-corrected chi connectivity index (χ3v) is 6.84. The molecule has 0 unspecified atom stereocenters. The highest BCUT2D eigenvalue weighted by Crippen LogP contribution is 2.27. The lowest BCUT2D eigenvalue weighted by Crippen LogP contribution is -2.26. The van der Waals surface area contributed by atoms with Gasteiger partial charge in [0, 0.05) is 42.6 Å². The number of hydrogen-bond acceptors (Lipinski definition) is 4. The van der Waals surface area contributed by atoms with Gasteiger partial charge in [-0.15, -0.1) is 0 Å².